The number of amides is 2. The molecule has 1 aromatic rings. The molecule has 0 fully saturated rings. The third-order valence-corrected chi connectivity index (χ3v) is 3.67. The van der Waals surface area contributed by atoms with Crippen LogP contribution in [0.2, 0.25) is 0 Å². The Bertz CT molecular complexity index is 486. The lowest BCUT2D eigenvalue weighted by Crippen LogP contribution is -2.46. The first kappa shape index (κ1) is 18.5. The number of rotatable bonds is 7. The van der Waals surface area contributed by atoms with Gasteiger partial charge in [-0.15, -0.1) is 11.8 Å². The Morgan fingerprint density at radius 1 is 1.18 bits per heavy atom. The molecule has 0 aliphatic rings. The number of aliphatic hydroxyl groups excluding tert-OH is 1. The zero-order valence-corrected chi connectivity index (χ0v) is 14.1. The van der Waals surface area contributed by atoms with Gasteiger partial charge in [-0.1, -0.05) is 30.3 Å². The maximum Gasteiger partial charge on any atom is 0.239 e. The van der Waals surface area contributed by atoms with E-state index in [0.29, 0.717) is 5.75 Å². The SMILES string of the molecule is CC(C)(C)NC(=O)CNC(=O)CSCC(O)c1ccccc1. The van der Waals surface area contributed by atoms with Crippen molar-refractivity contribution in [2.45, 2.75) is 32.4 Å². The Morgan fingerprint density at radius 2 is 1.82 bits per heavy atom. The third kappa shape index (κ3) is 8.05. The molecule has 1 atom stereocenters. The Hall–Kier alpha value is -1.53. The van der Waals surface area contributed by atoms with Gasteiger partial charge in [-0.2, -0.15) is 0 Å². The minimum atomic E-state index is -0.594. The summed E-state index contributed by atoms with van der Waals surface area (Å²) in [6.07, 6.45) is -0.594. The van der Waals surface area contributed by atoms with Crippen molar-refractivity contribution in [1.29, 1.82) is 0 Å². The van der Waals surface area contributed by atoms with Crippen LogP contribution in [0.1, 0.15) is 32.4 Å². The molecule has 0 aromatic heterocycles. The van der Waals surface area contributed by atoms with Crippen molar-refractivity contribution in [3.05, 3.63) is 35.9 Å². The van der Waals surface area contributed by atoms with Gasteiger partial charge in [0.1, 0.15) is 0 Å². The predicted octanol–water partition coefficient (Wildman–Crippen LogP) is 1.48. The normalized spacial score (nSPS) is 12.5. The number of carbonyl (C=O) groups is 2. The maximum atomic E-state index is 11.6. The zero-order valence-electron chi connectivity index (χ0n) is 13.3. The second kappa shape index (κ2) is 8.80. The second-order valence-corrected chi connectivity index (χ2v) is 7.05. The molecule has 1 unspecified atom stereocenters. The van der Waals surface area contributed by atoms with E-state index in [-0.39, 0.29) is 29.7 Å². The van der Waals surface area contributed by atoms with Crippen molar-refractivity contribution in [3.8, 4) is 0 Å². The molecule has 0 radical (unpaired) electrons. The molecule has 0 aliphatic heterocycles. The van der Waals surface area contributed by atoms with E-state index in [0.717, 1.165) is 5.56 Å². The highest BCUT2D eigenvalue weighted by atomic mass is 32.2. The minimum Gasteiger partial charge on any atom is -0.388 e. The molecule has 0 aliphatic carbocycles. The molecule has 122 valence electrons. The van der Waals surface area contributed by atoms with Gasteiger partial charge in [-0.25, -0.2) is 0 Å². The topological polar surface area (TPSA) is 78.4 Å². The lowest BCUT2D eigenvalue weighted by Gasteiger charge is -2.20. The highest BCUT2D eigenvalue weighted by Gasteiger charge is 2.14. The summed E-state index contributed by atoms with van der Waals surface area (Å²) in [5.41, 5.74) is 0.524. The molecular weight excluding hydrogens is 300 g/mol. The van der Waals surface area contributed by atoms with E-state index in [1.165, 1.54) is 11.8 Å². The van der Waals surface area contributed by atoms with Crippen molar-refractivity contribution < 1.29 is 14.7 Å². The monoisotopic (exact) mass is 324 g/mol. The lowest BCUT2D eigenvalue weighted by atomic mass is 10.1. The van der Waals surface area contributed by atoms with Gasteiger partial charge >= 0.3 is 0 Å². The zero-order chi connectivity index (χ0) is 16.6. The second-order valence-electron chi connectivity index (χ2n) is 6.02. The molecule has 2 amide bonds. The first-order chi connectivity index (χ1) is 10.3. The molecule has 5 nitrogen and oxygen atoms in total. The lowest BCUT2D eigenvalue weighted by molar-refractivity contribution is -0.125. The number of aliphatic hydroxyl groups is 1. The van der Waals surface area contributed by atoms with Gasteiger partial charge in [-0.05, 0) is 26.3 Å². The summed E-state index contributed by atoms with van der Waals surface area (Å²) in [6.45, 7) is 5.62. The summed E-state index contributed by atoms with van der Waals surface area (Å²) in [5.74, 6) is 0.225. The smallest absolute Gasteiger partial charge is 0.239 e. The van der Waals surface area contributed by atoms with E-state index in [1.807, 2.05) is 51.1 Å². The Balaban J connectivity index is 2.20. The van der Waals surface area contributed by atoms with Gasteiger partial charge in [0.15, 0.2) is 0 Å². The van der Waals surface area contributed by atoms with Crippen molar-refractivity contribution in [1.82, 2.24) is 10.6 Å². The fourth-order valence-electron chi connectivity index (χ4n) is 1.73. The van der Waals surface area contributed by atoms with Gasteiger partial charge in [0.25, 0.3) is 0 Å². The fraction of sp³-hybridized carbons (Fsp3) is 0.500. The first-order valence-electron chi connectivity index (χ1n) is 7.16. The number of nitrogens with one attached hydrogen (secondary N) is 2. The number of carbonyl (C=O) groups excluding carboxylic acids is 2. The van der Waals surface area contributed by atoms with Crippen molar-refractivity contribution in [2.24, 2.45) is 0 Å². The van der Waals surface area contributed by atoms with E-state index in [4.69, 9.17) is 0 Å². The molecular formula is C16H24N2O3S. The molecule has 1 aromatic carbocycles. The van der Waals surface area contributed by atoms with E-state index in [1.54, 1.807) is 0 Å². The van der Waals surface area contributed by atoms with Crippen LogP contribution < -0.4 is 10.6 Å². The van der Waals surface area contributed by atoms with Crippen LogP contribution in [-0.4, -0.2) is 40.5 Å². The first-order valence-corrected chi connectivity index (χ1v) is 8.32. The minimum absolute atomic E-state index is 0.0299. The molecule has 6 heteroatoms. The van der Waals surface area contributed by atoms with E-state index < -0.39 is 6.10 Å². The maximum absolute atomic E-state index is 11.6. The molecule has 0 spiro atoms. The van der Waals surface area contributed by atoms with Crippen molar-refractivity contribution >= 4 is 23.6 Å². The molecule has 0 heterocycles. The molecule has 0 saturated heterocycles. The van der Waals surface area contributed by atoms with E-state index in [2.05, 4.69) is 10.6 Å². The van der Waals surface area contributed by atoms with Crippen LogP contribution in [0.25, 0.3) is 0 Å². The average Bonchev–Trinajstić information content (AvgIpc) is 2.44. The highest BCUT2D eigenvalue weighted by Crippen LogP contribution is 2.17. The van der Waals surface area contributed by atoms with Crippen LogP contribution >= 0.6 is 11.8 Å². The van der Waals surface area contributed by atoms with Crippen molar-refractivity contribution in [2.75, 3.05) is 18.1 Å². The number of benzene rings is 1. The summed E-state index contributed by atoms with van der Waals surface area (Å²) in [4.78, 5) is 23.2. The van der Waals surface area contributed by atoms with Crippen LogP contribution in [0.4, 0.5) is 0 Å². The van der Waals surface area contributed by atoms with Crippen LogP contribution in [-0.2, 0) is 9.59 Å². The van der Waals surface area contributed by atoms with Crippen LogP contribution in [0.15, 0.2) is 30.3 Å². The Morgan fingerprint density at radius 3 is 2.41 bits per heavy atom. The quantitative estimate of drug-likeness (QED) is 0.710. The number of thioether (sulfide) groups is 1. The van der Waals surface area contributed by atoms with Gasteiger partial charge in [0.2, 0.25) is 11.8 Å². The summed E-state index contributed by atoms with van der Waals surface area (Å²) >= 11 is 1.34. The summed E-state index contributed by atoms with van der Waals surface area (Å²) < 4.78 is 0. The van der Waals surface area contributed by atoms with Crippen LogP contribution in [0.5, 0.6) is 0 Å². The number of hydrogen-bond acceptors (Lipinski definition) is 4. The largest absolute Gasteiger partial charge is 0.388 e. The molecule has 0 bridgehead atoms. The van der Waals surface area contributed by atoms with E-state index in [9.17, 15) is 14.7 Å². The Kier molecular flexibility index (Phi) is 7.41. The molecule has 1 rings (SSSR count). The predicted molar refractivity (Wildman–Crippen MR) is 89.6 cm³/mol. The molecule has 22 heavy (non-hydrogen) atoms. The van der Waals surface area contributed by atoms with Crippen LogP contribution in [0.3, 0.4) is 0 Å². The van der Waals surface area contributed by atoms with Gasteiger partial charge < -0.3 is 15.7 Å². The summed E-state index contributed by atoms with van der Waals surface area (Å²) in [6, 6.07) is 9.32. The van der Waals surface area contributed by atoms with Gasteiger partial charge in [-0.3, -0.25) is 9.59 Å². The van der Waals surface area contributed by atoms with Crippen LogP contribution in [0, 0.1) is 0 Å². The molecule has 3 N–H and O–H groups in total. The fourth-order valence-corrected chi connectivity index (χ4v) is 2.55. The van der Waals surface area contributed by atoms with Crippen molar-refractivity contribution in [3.63, 3.8) is 0 Å². The van der Waals surface area contributed by atoms with E-state index >= 15 is 0 Å². The highest BCUT2D eigenvalue weighted by molar-refractivity contribution is 7.99. The summed E-state index contributed by atoms with van der Waals surface area (Å²) in [5, 5.41) is 15.3. The van der Waals surface area contributed by atoms with Gasteiger partial charge in [0, 0.05) is 11.3 Å². The Labute approximate surface area is 135 Å². The summed E-state index contributed by atoms with van der Waals surface area (Å²) in [7, 11) is 0. The number of hydrogen-bond donors (Lipinski definition) is 3. The molecule has 0 saturated carbocycles. The standard InChI is InChI=1S/C16H24N2O3S/c1-16(2,3)18-14(20)9-17-15(21)11-22-10-13(19)12-7-5-4-6-8-12/h4-8,13,19H,9-11H2,1-3H3,(H,17,21)(H,18,20). The average molecular weight is 324 g/mol. The van der Waals surface area contributed by atoms with Gasteiger partial charge in [0.05, 0.1) is 18.4 Å². The third-order valence-electron chi connectivity index (χ3n) is 2.65.